The summed E-state index contributed by atoms with van der Waals surface area (Å²) >= 11 is 0. The molecule has 1 aliphatic carbocycles. The minimum Gasteiger partial charge on any atom is -0.480 e. The van der Waals surface area contributed by atoms with E-state index < -0.39 is 5.97 Å². The van der Waals surface area contributed by atoms with Gasteiger partial charge < -0.3 is 14.7 Å². The monoisotopic (exact) mass is 243 g/mol. The van der Waals surface area contributed by atoms with Gasteiger partial charge in [0.2, 0.25) is 5.91 Å². The van der Waals surface area contributed by atoms with Gasteiger partial charge in [0, 0.05) is 7.05 Å². The molecule has 5 heteroatoms. The van der Waals surface area contributed by atoms with Gasteiger partial charge in [-0.05, 0) is 18.8 Å². The Hall–Kier alpha value is -1.10. The molecule has 0 spiro atoms. The maximum atomic E-state index is 11.6. The maximum Gasteiger partial charge on any atom is 0.323 e. The van der Waals surface area contributed by atoms with Crippen LogP contribution < -0.4 is 0 Å². The van der Waals surface area contributed by atoms with E-state index in [0.717, 1.165) is 19.3 Å². The topological polar surface area (TPSA) is 66.8 Å². The summed E-state index contributed by atoms with van der Waals surface area (Å²) in [5, 5.41) is 8.56. The first-order valence-corrected chi connectivity index (χ1v) is 6.08. The van der Waals surface area contributed by atoms with Crippen molar-refractivity contribution in [3.05, 3.63) is 0 Å². The number of hydrogen-bond acceptors (Lipinski definition) is 3. The molecule has 98 valence electrons. The fourth-order valence-electron chi connectivity index (χ4n) is 2.11. The normalized spacial score (nSPS) is 24.4. The molecule has 0 aromatic rings. The molecule has 1 fully saturated rings. The Kier molecular flexibility index (Phi) is 5.41. The second-order valence-corrected chi connectivity index (χ2v) is 4.75. The molecular weight excluding hydrogens is 222 g/mol. The average Bonchev–Trinajstić information content (AvgIpc) is 2.26. The van der Waals surface area contributed by atoms with E-state index in [2.05, 4.69) is 6.92 Å². The zero-order chi connectivity index (χ0) is 12.8. The lowest BCUT2D eigenvalue weighted by Gasteiger charge is -2.29. The molecule has 0 unspecified atom stereocenters. The van der Waals surface area contributed by atoms with Crippen LogP contribution in [-0.4, -0.2) is 48.2 Å². The summed E-state index contributed by atoms with van der Waals surface area (Å²) in [6.07, 6.45) is 4.66. The van der Waals surface area contributed by atoms with Gasteiger partial charge in [-0.25, -0.2) is 0 Å². The standard InChI is InChI=1S/C12H21NO4/c1-9-5-3-4-6-10(9)17-8-11(14)13(2)7-12(15)16/h9-10H,3-8H2,1-2H3,(H,15,16)/t9-,10-/m0/s1. The number of carboxylic acids is 1. The van der Waals surface area contributed by atoms with Gasteiger partial charge in [-0.3, -0.25) is 9.59 Å². The molecule has 0 aromatic carbocycles. The molecule has 1 rings (SSSR count). The summed E-state index contributed by atoms with van der Waals surface area (Å²) in [5.74, 6) is -0.793. The number of amides is 1. The van der Waals surface area contributed by atoms with Crippen LogP contribution in [0.1, 0.15) is 32.6 Å². The molecule has 1 amide bonds. The van der Waals surface area contributed by atoms with Crippen LogP contribution in [-0.2, 0) is 14.3 Å². The highest BCUT2D eigenvalue weighted by atomic mass is 16.5. The number of ether oxygens (including phenoxy) is 1. The van der Waals surface area contributed by atoms with E-state index in [0.29, 0.717) is 5.92 Å². The van der Waals surface area contributed by atoms with Crippen molar-refractivity contribution in [2.24, 2.45) is 5.92 Å². The van der Waals surface area contributed by atoms with E-state index in [-0.39, 0.29) is 25.2 Å². The zero-order valence-electron chi connectivity index (χ0n) is 10.5. The first kappa shape index (κ1) is 14.0. The van der Waals surface area contributed by atoms with Crippen LogP contribution in [0.25, 0.3) is 0 Å². The van der Waals surface area contributed by atoms with E-state index in [1.165, 1.54) is 18.4 Å². The van der Waals surface area contributed by atoms with Crippen molar-refractivity contribution in [1.29, 1.82) is 0 Å². The second kappa shape index (κ2) is 6.59. The smallest absolute Gasteiger partial charge is 0.323 e. The van der Waals surface area contributed by atoms with Gasteiger partial charge in [0.1, 0.15) is 13.2 Å². The van der Waals surface area contributed by atoms with Gasteiger partial charge in [0.15, 0.2) is 0 Å². The largest absolute Gasteiger partial charge is 0.480 e. The van der Waals surface area contributed by atoms with Crippen LogP contribution in [0.3, 0.4) is 0 Å². The predicted molar refractivity (Wildman–Crippen MR) is 62.6 cm³/mol. The zero-order valence-corrected chi connectivity index (χ0v) is 10.5. The van der Waals surface area contributed by atoms with Gasteiger partial charge in [-0.2, -0.15) is 0 Å². The summed E-state index contributed by atoms with van der Waals surface area (Å²) < 4.78 is 5.58. The first-order valence-electron chi connectivity index (χ1n) is 6.08. The van der Waals surface area contributed by atoms with Gasteiger partial charge in [-0.15, -0.1) is 0 Å². The summed E-state index contributed by atoms with van der Waals surface area (Å²) in [6.45, 7) is 1.84. The van der Waals surface area contributed by atoms with Crippen LogP contribution >= 0.6 is 0 Å². The molecule has 0 bridgehead atoms. The molecular formula is C12H21NO4. The fraction of sp³-hybridized carbons (Fsp3) is 0.833. The molecule has 0 aromatic heterocycles. The quantitative estimate of drug-likeness (QED) is 0.786. The highest BCUT2D eigenvalue weighted by Gasteiger charge is 2.23. The van der Waals surface area contributed by atoms with Crippen molar-refractivity contribution >= 4 is 11.9 Å². The number of likely N-dealkylation sites (N-methyl/N-ethyl adjacent to an activating group) is 1. The number of carbonyl (C=O) groups excluding carboxylic acids is 1. The van der Waals surface area contributed by atoms with Crippen molar-refractivity contribution in [3.63, 3.8) is 0 Å². The lowest BCUT2D eigenvalue weighted by molar-refractivity contribution is -0.147. The van der Waals surface area contributed by atoms with Crippen LogP contribution in [0.2, 0.25) is 0 Å². The summed E-state index contributed by atoms with van der Waals surface area (Å²) in [5.41, 5.74) is 0. The number of carbonyl (C=O) groups is 2. The third-order valence-corrected chi connectivity index (χ3v) is 3.25. The Morgan fingerprint density at radius 3 is 2.59 bits per heavy atom. The third kappa shape index (κ3) is 4.73. The first-order chi connectivity index (χ1) is 8.00. The number of carboxylic acid groups (broad SMARTS) is 1. The molecule has 1 saturated carbocycles. The molecule has 0 saturated heterocycles. The highest BCUT2D eigenvalue weighted by molar-refractivity contribution is 5.81. The predicted octanol–water partition coefficient (Wildman–Crippen LogP) is 1.12. The van der Waals surface area contributed by atoms with Crippen molar-refractivity contribution in [2.75, 3.05) is 20.2 Å². The van der Waals surface area contributed by atoms with Gasteiger partial charge in [-0.1, -0.05) is 19.8 Å². The van der Waals surface area contributed by atoms with E-state index in [9.17, 15) is 9.59 Å². The molecule has 17 heavy (non-hydrogen) atoms. The Balaban J connectivity index is 2.29. The van der Waals surface area contributed by atoms with E-state index in [1.54, 1.807) is 0 Å². The summed E-state index contributed by atoms with van der Waals surface area (Å²) in [6, 6.07) is 0. The molecule has 1 aliphatic rings. The molecule has 5 nitrogen and oxygen atoms in total. The molecule has 2 atom stereocenters. The molecule has 1 N–H and O–H groups in total. The second-order valence-electron chi connectivity index (χ2n) is 4.75. The van der Waals surface area contributed by atoms with Crippen LogP contribution in [0.15, 0.2) is 0 Å². The van der Waals surface area contributed by atoms with E-state index >= 15 is 0 Å². The Bertz CT molecular complexity index is 280. The van der Waals surface area contributed by atoms with Crippen LogP contribution in [0.5, 0.6) is 0 Å². The van der Waals surface area contributed by atoms with Crippen LogP contribution in [0, 0.1) is 5.92 Å². The Morgan fingerprint density at radius 1 is 1.35 bits per heavy atom. The van der Waals surface area contributed by atoms with Crippen LogP contribution in [0.4, 0.5) is 0 Å². The summed E-state index contributed by atoms with van der Waals surface area (Å²) in [4.78, 5) is 23.2. The van der Waals surface area contributed by atoms with Crippen molar-refractivity contribution in [2.45, 2.75) is 38.7 Å². The van der Waals surface area contributed by atoms with Gasteiger partial charge >= 0.3 is 5.97 Å². The van der Waals surface area contributed by atoms with E-state index in [1.807, 2.05) is 0 Å². The minimum absolute atomic E-state index is 0.0151. The van der Waals surface area contributed by atoms with Crippen molar-refractivity contribution in [3.8, 4) is 0 Å². The highest BCUT2D eigenvalue weighted by Crippen LogP contribution is 2.26. The molecule has 0 aliphatic heterocycles. The number of aliphatic carboxylic acids is 1. The minimum atomic E-state index is -1.01. The number of hydrogen-bond donors (Lipinski definition) is 1. The Labute approximate surface area is 102 Å². The lowest BCUT2D eigenvalue weighted by atomic mass is 9.88. The van der Waals surface area contributed by atoms with Gasteiger partial charge in [0.05, 0.1) is 6.10 Å². The summed E-state index contributed by atoms with van der Waals surface area (Å²) in [7, 11) is 1.48. The number of nitrogens with zero attached hydrogens (tertiary/aromatic N) is 1. The molecule has 0 heterocycles. The average molecular weight is 243 g/mol. The molecule has 0 radical (unpaired) electrons. The fourth-order valence-corrected chi connectivity index (χ4v) is 2.11. The van der Waals surface area contributed by atoms with Crippen molar-refractivity contribution < 1.29 is 19.4 Å². The van der Waals surface area contributed by atoms with E-state index in [4.69, 9.17) is 9.84 Å². The SMILES string of the molecule is C[C@H]1CCCC[C@@H]1OCC(=O)N(C)CC(=O)O. The van der Waals surface area contributed by atoms with Crippen molar-refractivity contribution in [1.82, 2.24) is 4.90 Å². The van der Waals surface area contributed by atoms with Gasteiger partial charge in [0.25, 0.3) is 0 Å². The maximum absolute atomic E-state index is 11.6. The number of rotatable bonds is 5. The third-order valence-electron chi connectivity index (χ3n) is 3.25. The Morgan fingerprint density at radius 2 is 2.00 bits per heavy atom. The lowest BCUT2D eigenvalue weighted by Crippen LogP contribution is -2.37.